The molecule has 2 heteroatoms. The van der Waals surface area contributed by atoms with E-state index in [-0.39, 0.29) is 0 Å². The van der Waals surface area contributed by atoms with Crippen molar-refractivity contribution in [1.82, 2.24) is 0 Å². The third-order valence-electron chi connectivity index (χ3n) is 3.52. The van der Waals surface area contributed by atoms with Gasteiger partial charge < -0.3 is 5.11 Å². The molecule has 0 aliphatic carbocycles. The van der Waals surface area contributed by atoms with Crippen LogP contribution in [0.25, 0.3) is 11.1 Å². The molecule has 20 heavy (non-hydrogen) atoms. The maximum Gasteiger partial charge on any atom is 0.310 e. The smallest absolute Gasteiger partial charge is 0.310 e. The van der Waals surface area contributed by atoms with E-state index >= 15 is 0 Å². The van der Waals surface area contributed by atoms with Crippen LogP contribution >= 0.6 is 0 Å². The van der Waals surface area contributed by atoms with Crippen LogP contribution in [0.3, 0.4) is 0 Å². The molecule has 0 amide bonds. The second-order valence-electron chi connectivity index (χ2n) is 5.17. The average Bonchev–Trinajstić information content (AvgIpc) is 2.44. The predicted molar refractivity (Wildman–Crippen MR) is 81.9 cm³/mol. The number of rotatable bonds is 5. The van der Waals surface area contributed by atoms with E-state index < -0.39 is 11.9 Å². The molecule has 2 aromatic carbocycles. The molecule has 0 radical (unpaired) electrons. The Balaban J connectivity index is 2.39. The Morgan fingerprint density at radius 3 is 2.35 bits per heavy atom. The molecule has 2 rings (SSSR count). The molecule has 0 saturated carbocycles. The molecule has 104 valence electrons. The van der Waals surface area contributed by atoms with E-state index in [9.17, 15) is 9.90 Å². The summed E-state index contributed by atoms with van der Waals surface area (Å²) in [6.45, 7) is 4.07. The van der Waals surface area contributed by atoms with Crippen molar-refractivity contribution in [3.63, 3.8) is 0 Å². The first kappa shape index (κ1) is 14.3. The van der Waals surface area contributed by atoms with Gasteiger partial charge in [-0.25, -0.2) is 0 Å². The summed E-state index contributed by atoms with van der Waals surface area (Å²) in [5, 5.41) is 9.36. The number of hydrogen-bond donors (Lipinski definition) is 1. The summed E-state index contributed by atoms with van der Waals surface area (Å²) in [6.07, 6.45) is 1.54. The Labute approximate surface area is 120 Å². The van der Waals surface area contributed by atoms with E-state index in [1.807, 2.05) is 37.3 Å². The van der Waals surface area contributed by atoms with Gasteiger partial charge in [-0.3, -0.25) is 4.79 Å². The highest BCUT2D eigenvalue weighted by Crippen LogP contribution is 2.27. The van der Waals surface area contributed by atoms with Crippen molar-refractivity contribution in [3.05, 3.63) is 59.7 Å². The molecule has 1 N–H and O–H groups in total. The molecule has 0 aliphatic rings. The van der Waals surface area contributed by atoms with Crippen LogP contribution in [0.4, 0.5) is 0 Å². The molecule has 2 aromatic rings. The zero-order chi connectivity index (χ0) is 14.5. The summed E-state index contributed by atoms with van der Waals surface area (Å²) in [6, 6.07) is 16.2. The lowest BCUT2D eigenvalue weighted by Gasteiger charge is -2.13. The minimum absolute atomic E-state index is 0.412. The molecule has 0 saturated heterocycles. The van der Waals surface area contributed by atoms with Gasteiger partial charge in [0, 0.05) is 0 Å². The van der Waals surface area contributed by atoms with Crippen molar-refractivity contribution in [3.8, 4) is 11.1 Å². The van der Waals surface area contributed by atoms with Crippen LogP contribution < -0.4 is 0 Å². The first-order chi connectivity index (χ1) is 9.61. The van der Waals surface area contributed by atoms with Gasteiger partial charge in [-0.05, 0) is 30.0 Å². The number of carboxylic acid groups (broad SMARTS) is 1. The van der Waals surface area contributed by atoms with Crippen molar-refractivity contribution >= 4 is 5.97 Å². The monoisotopic (exact) mass is 268 g/mol. The molecule has 1 unspecified atom stereocenters. The Morgan fingerprint density at radius 2 is 1.75 bits per heavy atom. The Bertz CT molecular complexity index is 602. The van der Waals surface area contributed by atoms with Gasteiger partial charge in [0.1, 0.15) is 0 Å². The first-order valence-corrected chi connectivity index (χ1v) is 7.01. The van der Waals surface area contributed by atoms with Crippen LogP contribution in [-0.4, -0.2) is 11.1 Å². The SMILES string of the molecule is CCCC(C(=O)O)c1cccc(-c2cccc(C)c2)c1. The fourth-order valence-corrected chi connectivity index (χ4v) is 2.48. The zero-order valence-electron chi connectivity index (χ0n) is 12.0. The Kier molecular flexibility index (Phi) is 4.57. The molecule has 0 bridgehead atoms. The molecule has 2 nitrogen and oxygen atoms in total. The van der Waals surface area contributed by atoms with Crippen LogP contribution in [0.5, 0.6) is 0 Å². The molecule has 0 aliphatic heterocycles. The normalized spacial score (nSPS) is 12.1. The van der Waals surface area contributed by atoms with Gasteiger partial charge in [-0.1, -0.05) is 67.4 Å². The molecule has 0 spiro atoms. The first-order valence-electron chi connectivity index (χ1n) is 7.01. The molecule has 0 fully saturated rings. The van der Waals surface area contributed by atoms with E-state index in [1.54, 1.807) is 0 Å². The number of aliphatic carboxylic acids is 1. The van der Waals surface area contributed by atoms with Gasteiger partial charge in [0.05, 0.1) is 5.92 Å². The van der Waals surface area contributed by atoms with Gasteiger partial charge in [0.25, 0.3) is 0 Å². The van der Waals surface area contributed by atoms with Crippen LogP contribution in [0, 0.1) is 6.92 Å². The zero-order valence-corrected chi connectivity index (χ0v) is 12.0. The highest BCUT2D eigenvalue weighted by atomic mass is 16.4. The van der Waals surface area contributed by atoms with E-state index in [4.69, 9.17) is 0 Å². The summed E-state index contributed by atoms with van der Waals surface area (Å²) in [5.41, 5.74) is 4.30. The van der Waals surface area contributed by atoms with E-state index in [2.05, 4.69) is 25.1 Å². The Hall–Kier alpha value is -2.09. The van der Waals surface area contributed by atoms with Crippen LogP contribution in [-0.2, 0) is 4.79 Å². The predicted octanol–water partition coefficient (Wildman–Crippen LogP) is 4.63. The minimum atomic E-state index is -0.742. The minimum Gasteiger partial charge on any atom is -0.481 e. The second kappa shape index (κ2) is 6.38. The maximum atomic E-state index is 11.4. The lowest BCUT2D eigenvalue weighted by molar-refractivity contribution is -0.139. The van der Waals surface area contributed by atoms with Gasteiger partial charge in [-0.2, -0.15) is 0 Å². The lowest BCUT2D eigenvalue weighted by Crippen LogP contribution is -2.11. The molecular formula is C18H20O2. The van der Waals surface area contributed by atoms with Crippen molar-refractivity contribution < 1.29 is 9.90 Å². The largest absolute Gasteiger partial charge is 0.481 e. The third-order valence-corrected chi connectivity index (χ3v) is 3.52. The second-order valence-corrected chi connectivity index (χ2v) is 5.17. The van der Waals surface area contributed by atoms with Crippen molar-refractivity contribution in [1.29, 1.82) is 0 Å². The van der Waals surface area contributed by atoms with Gasteiger partial charge in [0.15, 0.2) is 0 Å². The Morgan fingerprint density at radius 1 is 1.10 bits per heavy atom. The van der Waals surface area contributed by atoms with Crippen molar-refractivity contribution in [2.75, 3.05) is 0 Å². The topological polar surface area (TPSA) is 37.3 Å². The summed E-state index contributed by atoms with van der Waals surface area (Å²) < 4.78 is 0. The van der Waals surface area contributed by atoms with Crippen molar-refractivity contribution in [2.45, 2.75) is 32.6 Å². The standard InChI is InChI=1S/C18H20O2/c1-3-6-17(18(19)20)16-10-5-9-15(12-16)14-8-4-7-13(2)11-14/h4-5,7-12,17H,3,6H2,1-2H3,(H,19,20). The number of hydrogen-bond acceptors (Lipinski definition) is 1. The maximum absolute atomic E-state index is 11.4. The number of carboxylic acids is 1. The highest BCUT2D eigenvalue weighted by molar-refractivity contribution is 5.77. The molecule has 1 atom stereocenters. The molecular weight excluding hydrogens is 248 g/mol. The fourth-order valence-electron chi connectivity index (χ4n) is 2.48. The fraction of sp³-hybridized carbons (Fsp3) is 0.278. The number of benzene rings is 2. The van der Waals surface area contributed by atoms with Crippen LogP contribution in [0.1, 0.15) is 36.8 Å². The summed E-state index contributed by atoms with van der Waals surface area (Å²) in [5.74, 6) is -1.15. The average molecular weight is 268 g/mol. The third kappa shape index (κ3) is 3.27. The van der Waals surface area contributed by atoms with E-state index in [0.29, 0.717) is 6.42 Å². The highest BCUT2D eigenvalue weighted by Gasteiger charge is 2.18. The summed E-state index contributed by atoms with van der Waals surface area (Å²) >= 11 is 0. The van der Waals surface area contributed by atoms with Gasteiger partial charge in [0.2, 0.25) is 0 Å². The summed E-state index contributed by atoms with van der Waals surface area (Å²) in [7, 11) is 0. The van der Waals surface area contributed by atoms with Crippen LogP contribution in [0.2, 0.25) is 0 Å². The molecule has 0 heterocycles. The number of aryl methyl sites for hydroxylation is 1. The van der Waals surface area contributed by atoms with E-state index in [1.165, 1.54) is 5.56 Å². The molecule has 0 aromatic heterocycles. The van der Waals surface area contributed by atoms with Gasteiger partial charge in [-0.15, -0.1) is 0 Å². The summed E-state index contributed by atoms with van der Waals surface area (Å²) in [4.78, 5) is 11.4. The van der Waals surface area contributed by atoms with Crippen molar-refractivity contribution in [2.24, 2.45) is 0 Å². The van der Waals surface area contributed by atoms with Gasteiger partial charge >= 0.3 is 5.97 Å². The van der Waals surface area contributed by atoms with E-state index in [0.717, 1.165) is 23.1 Å². The number of carbonyl (C=O) groups is 1. The van der Waals surface area contributed by atoms with Crippen LogP contribution in [0.15, 0.2) is 48.5 Å². The quantitative estimate of drug-likeness (QED) is 0.858. The lowest BCUT2D eigenvalue weighted by atomic mass is 9.91.